The Morgan fingerprint density at radius 2 is 1.80 bits per heavy atom. The van der Waals surface area contributed by atoms with E-state index in [0.29, 0.717) is 0 Å². The van der Waals surface area contributed by atoms with Gasteiger partial charge in [0.15, 0.2) is 0 Å². The van der Waals surface area contributed by atoms with Gasteiger partial charge in [0.05, 0.1) is 6.42 Å². The highest BCUT2D eigenvalue weighted by molar-refractivity contribution is 5.76. The van der Waals surface area contributed by atoms with Crippen LogP contribution >= 0.6 is 0 Å². The fraction of sp³-hybridized carbons (Fsp3) is 0.417. The third-order valence-corrected chi connectivity index (χ3v) is 1.73. The van der Waals surface area contributed by atoms with Crippen molar-refractivity contribution in [2.24, 2.45) is 5.73 Å². The summed E-state index contributed by atoms with van der Waals surface area (Å²) in [5.41, 5.74) is 5.80. The molecule has 3 nitrogen and oxygen atoms in total. The smallest absolute Gasteiger partial charge is 0.221 e. The quantitative estimate of drug-likeness (QED) is 0.822. The minimum absolute atomic E-state index is 0.203. The average molecular weight is 207 g/mol. The molecule has 82 valence electrons. The highest BCUT2D eigenvalue weighted by Gasteiger charge is 2.11. The molecule has 2 N–H and O–H groups in total. The first-order valence-electron chi connectivity index (χ1n) is 4.93. The summed E-state index contributed by atoms with van der Waals surface area (Å²) in [5, 5.41) is 0. The molecule has 15 heavy (non-hydrogen) atoms. The molecule has 0 bridgehead atoms. The predicted molar refractivity (Wildman–Crippen MR) is 59.7 cm³/mol. The van der Waals surface area contributed by atoms with E-state index < -0.39 is 0 Å². The van der Waals surface area contributed by atoms with Crippen molar-refractivity contribution in [1.82, 2.24) is 0 Å². The summed E-state index contributed by atoms with van der Waals surface area (Å²) < 4.78 is 5.65. The number of ether oxygens (including phenoxy) is 1. The first-order valence-corrected chi connectivity index (χ1v) is 4.93. The second kappa shape index (κ2) is 4.34. The molecule has 1 aromatic carbocycles. The molecule has 0 aliphatic heterocycles. The molecule has 0 atom stereocenters. The van der Waals surface area contributed by atoms with Crippen LogP contribution in [0.5, 0.6) is 5.75 Å². The maximum Gasteiger partial charge on any atom is 0.221 e. The number of nitrogens with two attached hydrogens (primary N) is 1. The largest absolute Gasteiger partial charge is 0.488 e. The highest BCUT2D eigenvalue weighted by Crippen LogP contribution is 2.18. The molecule has 0 aliphatic carbocycles. The van der Waals surface area contributed by atoms with Crippen molar-refractivity contribution < 1.29 is 9.53 Å². The monoisotopic (exact) mass is 207 g/mol. The molecule has 3 heteroatoms. The molecule has 0 heterocycles. The first kappa shape index (κ1) is 11.6. The van der Waals surface area contributed by atoms with E-state index in [1.54, 1.807) is 0 Å². The Morgan fingerprint density at radius 3 is 2.20 bits per heavy atom. The first-order chi connectivity index (χ1) is 6.87. The zero-order valence-electron chi connectivity index (χ0n) is 9.41. The normalized spacial score (nSPS) is 11.1. The summed E-state index contributed by atoms with van der Waals surface area (Å²) in [5.74, 6) is 0.482. The van der Waals surface area contributed by atoms with Gasteiger partial charge in [0, 0.05) is 0 Å². The Morgan fingerprint density at radius 1 is 1.27 bits per heavy atom. The van der Waals surface area contributed by atoms with Crippen LogP contribution in [-0.2, 0) is 11.2 Å². The number of rotatable bonds is 3. The van der Waals surface area contributed by atoms with Crippen LogP contribution in [0.3, 0.4) is 0 Å². The summed E-state index contributed by atoms with van der Waals surface area (Å²) >= 11 is 0. The minimum atomic E-state index is -0.320. The Kier molecular flexibility index (Phi) is 3.35. The fourth-order valence-electron chi connectivity index (χ4n) is 1.23. The van der Waals surface area contributed by atoms with Gasteiger partial charge < -0.3 is 10.5 Å². The number of benzene rings is 1. The third-order valence-electron chi connectivity index (χ3n) is 1.73. The van der Waals surface area contributed by atoms with Crippen molar-refractivity contribution in [2.45, 2.75) is 32.8 Å². The minimum Gasteiger partial charge on any atom is -0.488 e. The Bertz CT molecular complexity index is 336. The van der Waals surface area contributed by atoms with E-state index in [9.17, 15) is 4.79 Å². The van der Waals surface area contributed by atoms with E-state index >= 15 is 0 Å². The van der Waals surface area contributed by atoms with Crippen LogP contribution in [0, 0.1) is 0 Å². The predicted octanol–water partition coefficient (Wildman–Crippen LogP) is 1.89. The average Bonchev–Trinajstić information content (AvgIpc) is 2.05. The van der Waals surface area contributed by atoms with Crippen molar-refractivity contribution in [3.05, 3.63) is 29.8 Å². The van der Waals surface area contributed by atoms with Crippen molar-refractivity contribution in [3.8, 4) is 5.75 Å². The van der Waals surface area contributed by atoms with Gasteiger partial charge in [0.2, 0.25) is 5.91 Å². The Balaban J connectivity index is 2.68. The van der Waals surface area contributed by atoms with Crippen LogP contribution in [0.2, 0.25) is 0 Å². The maximum atomic E-state index is 10.7. The van der Waals surface area contributed by atoms with Gasteiger partial charge >= 0.3 is 0 Å². The number of hydrogen-bond donors (Lipinski definition) is 1. The second-order valence-electron chi connectivity index (χ2n) is 4.50. The SMILES string of the molecule is CC(C)(C)Oc1ccc(CC(N)=O)cc1. The summed E-state index contributed by atoms with van der Waals surface area (Å²) in [6.07, 6.45) is 0.274. The van der Waals surface area contributed by atoms with Crippen LogP contribution in [0.15, 0.2) is 24.3 Å². The Hall–Kier alpha value is -1.51. The van der Waals surface area contributed by atoms with Crippen LogP contribution in [-0.4, -0.2) is 11.5 Å². The maximum absolute atomic E-state index is 10.7. The molecule has 0 aliphatic rings. The standard InChI is InChI=1S/C12H17NO2/c1-12(2,3)15-10-6-4-9(5-7-10)8-11(13)14/h4-7H,8H2,1-3H3,(H2,13,14). The molecule has 1 aromatic rings. The highest BCUT2D eigenvalue weighted by atomic mass is 16.5. The van der Waals surface area contributed by atoms with Crippen molar-refractivity contribution in [2.75, 3.05) is 0 Å². The third kappa shape index (κ3) is 4.49. The topological polar surface area (TPSA) is 52.3 Å². The zero-order valence-corrected chi connectivity index (χ0v) is 9.41. The summed E-state index contributed by atoms with van der Waals surface area (Å²) in [6.45, 7) is 5.97. The van der Waals surface area contributed by atoms with E-state index in [1.807, 2.05) is 45.0 Å². The number of hydrogen-bond acceptors (Lipinski definition) is 2. The summed E-state index contributed by atoms with van der Waals surface area (Å²) in [4.78, 5) is 10.7. The number of carbonyl (C=O) groups is 1. The number of carbonyl (C=O) groups excluding carboxylic acids is 1. The van der Waals surface area contributed by atoms with Crippen molar-refractivity contribution in [1.29, 1.82) is 0 Å². The molecule has 0 saturated heterocycles. The molecule has 0 saturated carbocycles. The number of amides is 1. The molecule has 0 aromatic heterocycles. The van der Waals surface area contributed by atoms with Crippen LogP contribution in [0.4, 0.5) is 0 Å². The summed E-state index contributed by atoms with van der Waals surface area (Å²) in [7, 11) is 0. The molecular formula is C12H17NO2. The molecule has 0 unspecified atom stereocenters. The van der Waals surface area contributed by atoms with Gasteiger partial charge in [-0.15, -0.1) is 0 Å². The second-order valence-corrected chi connectivity index (χ2v) is 4.50. The van der Waals surface area contributed by atoms with Crippen molar-refractivity contribution >= 4 is 5.91 Å². The fourth-order valence-corrected chi connectivity index (χ4v) is 1.23. The molecular weight excluding hydrogens is 190 g/mol. The lowest BCUT2D eigenvalue weighted by molar-refractivity contribution is -0.117. The number of primary amides is 1. The van der Waals surface area contributed by atoms with Crippen molar-refractivity contribution in [3.63, 3.8) is 0 Å². The van der Waals surface area contributed by atoms with E-state index in [1.165, 1.54) is 0 Å². The molecule has 1 amide bonds. The van der Waals surface area contributed by atoms with Gasteiger partial charge in [-0.2, -0.15) is 0 Å². The molecule has 0 radical (unpaired) electrons. The van der Waals surface area contributed by atoms with Gasteiger partial charge in [0.1, 0.15) is 11.4 Å². The van der Waals surface area contributed by atoms with E-state index in [-0.39, 0.29) is 17.9 Å². The van der Waals surface area contributed by atoms with Gasteiger partial charge in [-0.25, -0.2) is 0 Å². The van der Waals surface area contributed by atoms with Crippen LogP contribution in [0.25, 0.3) is 0 Å². The summed E-state index contributed by atoms with van der Waals surface area (Å²) in [6, 6.07) is 7.41. The molecule has 0 fully saturated rings. The van der Waals surface area contributed by atoms with Gasteiger partial charge in [-0.05, 0) is 38.5 Å². The lowest BCUT2D eigenvalue weighted by atomic mass is 10.1. The zero-order chi connectivity index (χ0) is 11.5. The van der Waals surface area contributed by atoms with Crippen LogP contribution in [0.1, 0.15) is 26.3 Å². The van der Waals surface area contributed by atoms with Gasteiger partial charge in [-0.1, -0.05) is 12.1 Å². The van der Waals surface area contributed by atoms with Crippen LogP contribution < -0.4 is 10.5 Å². The van der Waals surface area contributed by atoms with Gasteiger partial charge in [0.25, 0.3) is 0 Å². The molecule has 1 rings (SSSR count). The lowest BCUT2D eigenvalue weighted by Crippen LogP contribution is -2.22. The van der Waals surface area contributed by atoms with E-state index in [0.717, 1.165) is 11.3 Å². The van der Waals surface area contributed by atoms with E-state index in [4.69, 9.17) is 10.5 Å². The Labute approximate surface area is 90.2 Å². The van der Waals surface area contributed by atoms with Gasteiger partial charge in [-0.3, -0.25) is 4.79 Å². The lowest BCUT2D eigenvalue weighted by Gasteiger charge is -2.21. The molecule has 0 spiro atoms. The van der Waals surface area contributed by atoms with E-state index in [2.05, 4.69) is 0 Å².